The van der Waals surface area contributed by atoms with Gasteiger partial charge in [0.1, 0.15) is 0 Å². The van der Waals surface area contributed by atoms with Gasteiger partial charge < -0.3 is 0 Å². The van der Waals surface area contributed by atoms with Crippen LogP contribution in [0.2, 0.25) is 0 Å². The maximum atomic E-state index is 7.12. The second-order valence-electron chi connectivity index (χ2n) is 0.0674. The Labute approximate surface area is 88.0 Å². The first-order valence-electron chi connectivity index (χ1n) is 0.374. The standard InChI is InChI=1S/CN.2ClH.Cu.2Li.2H/c1-2;;;;;;;/h;2*1H;;;;;. The molecule has 0 fully saturated rings. The van der Waals surface area contributed by atoms with Crippen LogP contribution in [-0.2, 0) is 16.0 Å². The molecular weight excluding hydrogens is 174 g/mol. The monoisotopic (exact) mass is 177 g/mol. The van der Waals surface area contributed by atoms with Crippen LogP contribution in [0.4, 0.5) is 0 Å². The Morgan fingerprint density at radius 3 is 1.14 bits per heavy atom. The molecule has 0 aromatic rings. The fraction of sp³-hybridized carbons (Fsp3) is 0. The van der Waals surface area contributed by atoms with E-state index in [1.807, 2.05) is 0 Å². The molecule has 0 aliphatic heterocycles. The molecule has 0 radical (unpaired) electrons. The summed E-state index contributed by atoms with van der Waals surface area (Å²) >= 11 is 3.81. The van der Waals surface area contributed by atoms with Gasteiger partial charge in [0.15, 0.2) is 0 Å². The molecule has 0 rings (SSSR count). The SMILES string of the molecule is Cl.Cl.N#[C][Cu].[LiH].[LiH]. The molecule has 40 valence electrons. The third kappa shape index (κ3) is 81.8. The Kier molecular flexibility index (Phi) is 245. The molecule has 0 amide bonds. The van der Waals surface area contributed by atoms with E-state index < -0.39 is 0 Å². The van der Waals surface area contributed by atoms with E-state index >= 15 is 0 Å². The number of hydrogen-bond donors (Lipinski definition) is 0. The zero-order chi connectivity index (χ0) is 2.71. The number of nitrogens with zero attached hydrogens (tertiary/aromatic N) is 1. The summed E-state index contributed by atoms with van der Waals surface area (Å²) in [6.07, 6.45) is 0. The van der Waals surface area contributed by atoms with Crippen LogP contribution in [-0.4, -0.2) is 37.7 Å². The van der Waals surface area contributed by atoms with Crippen molar-refractivity contribution in [1.29, 1.82) is 5.26 Å². The summed E-state index contributed by atoms with van der Waals surface area (Å²) in [4.78, 5) is 1.31. The molecule has 7 heavy (non-hydrogen) atoms. The normalized spacial score (nSPS) is 1.29. The summed E-state index contributed by atoms with van der Waals surface area (Å²) in [7, 11) is 0. The van der Waals surface area contributed by atoms with Gasteiger partial charge in [-0.3, -0.25) is 0 Å². The van der Waals surface area contributed by atoms with Gasteiger partial charge in [0.05, 0.1) is 0 Å². The van der Waals surface area contributed by atoms with E-state index in [4.69, 9.17) is 5.26 Å². The van der Waals surface area contributed by atoms with E-state index in [-0.39, 0.29) is 62.5 Å². The molecule has 1 nitrogen and oxygen atoms in total. The first-order chi connectivity index (χ1) is 1.41. The topological polar surface area (TPSA) is 23.8 Å². The molecule has 0 atom stereocenters. The fourth-order valence-electron chi connectivity index (χ4n) is 0. The van der Waals surface area contributed by atoms with Crippen molar-refractivity contribution in [2.45, 2.75) is 0 Å². The van der Waals surface area contributed by atoms with Crippen LogP contribution in [0.3, 0.4) is 0 Å². The van der Waals surface area contributed by atoms with Gasteiger partial charge >= 0.3 is 64.0 Å². The van der Waals surface area contributed by atoms with E-state index in [1.165, 1.54) is 4.97 Å². The van der Waals surface area contributed by atoms with Crippen molar-refractivity contribution in [3.63, 3.8) is 0 Å². The molecule has 0 aliphatic rings. The first-order valence-corrected chi connectivity index (χ1v) is 0.845. The third-order valence-electron chi connectivity index (χ3n) is 0. The summed E-state index contributed by atoms with van der Waals surface area (Å²) in [5.41, 5.74) is 0. The molecule has 0 aliphatic carbocycles. The second kappa shape index (κ2) is 46.2. The molecule has 0 saturated carbocycles. The van der Waals surface area contributed by atoms with Gasteiger partial charge in [-0.05, 0) is 0 Å². The molecule has 0 saturated heterocycles. The van der Waals surface area contributed by atoms with Crippen LogP contribution in [0.15, 0.2) is 0 Å². The molecule has 6 heteroatoms. The van der Waals surface area contributed by atoms with Crippen molar-refractivity contribution in [3.8, 4) is 4.97 Å². The predicted molar refractivity (Wildman–Crippen MR) is 34.4 cm³/mol. The number of nitriles is 1. The molecule has 0 spiro atoms. The van der Waals surface area contributed by atoms with Crippen LogP contribution < -0.4 is 0 Å². The van der Waals surface area contributed by atoms with Crippen LogP contribution in [0.25, 0.3) is 0 Å². The zero-order valence-electron chi connectivity index (χ0n) is 2.07. The van der Waals surface area contributed by atoms with Gasteiger partial charge in [-0.25, -0.2) is 0 Å². The van der Waals surface area contributed by atoms with Crippen molar-refractivity contribution in [3.05, 3.63) is 0 Å². The number of halogens is 2. The molecule has 0 heterocycles. The van der Waals surface area contributed by atoms with E-state index in [1.54, 1.807) is 0 Å². The minimum absolute atomic E-state index is 0. The van der Waals surface area contributed by atoms with E-state index in [9.17, 15) is 0 Å². The quantitative estimate of drug-likeness (QED) is 0.462. The van der Waals surface area contributed by atoms with Crippen molar-refractivity contribution in [2.24, 2.45) is 0 Å². The molecule has 0 unspecified atom stereocenters. The minimum atomic E-state index is 0. The maximum absolute atomic E-state index is 7.12. The van der Waals surface area contributed by atoms with Gasteiger partial charge in [-0.15, -0.1) is 24.8 Å². The average molecular weight is 178 g/mol. The van der Waals surface area contributed by atoms with Crippen LogP contribution >= 0.6 is 24.8 Å². The van der Waals surface area contributed by atoms with Crippen LogP contribution in [0.5, 0.6) is 0 Å². The van der Waals surface area contributed by atoms with Crippen molar-refractivity contribution >= 4 is 62.5 Å². The van der Waals surface area contributed by atoms with Crippen molar-refractivity contribution in [2.75, 3.05) is 0 Å². The average Bonchev–Trinajstić information content (AvgIpc) is 0.918. The Bertz CT molecular complexity index is 37.2. The van der Waals surface area contributed by atoms with Crippen LogP contribution in [0, 0.1) is 10.2 Å². The summed E-state index contributed by atoms with van der Waals surface area (Å²) in [6, 6.07) is 0. The molecule has 0 aromatic heterocycles. The fourth-order valence-corrected chi connectivity index (χ4v) is 0. The summed E-state index contributed by atoms with van der Waals surface area (Å²) < 4.78 is 0. The number of rotatable bonds is 0. The zero-order valence-corrected chi connectivity index (χ0v) is 4.64. The molecular formula is CH4Cl2CuLi2N. The third-order valence-corrected chi connectivity index (χ3v) is 0. The van der Waals surface area contributed by atoms with Crippen LogP contribution in [0.1, 0.15) is 0 Å². The van der Waals surface area contributed by atoms with Gasteiger partial charge in [0.25, 0.3) is 0 Å². The summed E-state index contributed by atoms with van der Waals surface area (Å²) in [6.45, 7) is 0. The second-order valence-corrected chi connectivity index (χ2v) is 0.278. The van der Waals surface area contributed by atoms with Crippen molar-refractivity contribution < 1.29 is 16.0 Å². The number of hydrogen-bond acceptors (Lipinski definition) is 1. The first kappa shape index (κ1) is 37.2. The summed E-state index contributed by atoms with van der Waals surface area (Å²) in [5, 5.41) is 7.12. The molecule has 0 bridgehead atoms. The predicted octanol–water partition coefficient (Wildman–Crippen LogP) is -0.439. The van der Waals surface area contributed by atoms with Gasteiger partial charge in [0, 0.05) is 0 Å². The molecule has 0 aromatic carbocycles. The Morgan fingerprint density at radius 2 is 1.14 bits per heavy atom. The Balaban J connectivity index is -0.00000000333. The van der Waals surface area contributed by atoms with E-state index in [2.05, 4.69) is 16.0 Å². The molecule has 0 N–H and O–H groups in total. The van der Waals surface area contributed by atoms with E-state index in [0.717, 1.165) is 0 Å². The van der Waals surface area contributed by atoms with Gasteiger partial charge in [0.2, 0.25) is 0 Å². The Morgan fingerprint density at radius 1 is 1.14 bits per heavy atom. The van der Waals surface area contributed by atoms with Gasteiger partial charge in [-0.2, -0.15) is 0 Å². The van der Waals surface area contributed by atoms with Crippen molar-refractivity contribution in [1.82, 2.24) is 0 Å². The van der Waals surface area contributed by atoms with Gasteiger partial charge in [-0.1, -0.05) is 0 Å². The van der Waals surface area contributed by atoms with E-state index in [0.29, 0.717) is 0 Å². The Hall–Kier alpha value is 1.78. The summed E-state index contributed by atoms with van der Waals surface area (Å²) in [5.74, 6) is 0.